The summed E-state index contributed by atoms with van der Waals surface area (Å²) < 4.78 is 39.7. The predicted molar refractivity (Wildman–Crippen MR) is 60.5 cm³/mol. The van der Waals surface area contributed by atoms with Crippen molar-refractivity contribution in [3.63, 3.8) is 0 Å². The van der Waals surface area contributed by atoms with E-state index in [0.29, 0.717) is 5.69 Å². The van der Waals surface area contributed by atoms with E-state index >= 15 is 0 Å². The maximum absolute atomic E-state index is 12.8. The molecule has 1 aromatic carbocycles. The van der Waals surface area contributed by atoms with Crippen LogP contribution < -0.4 is 0 Å². The summed E-state index contributed by atoms with van der Waals surface area (Å²) in [7, 11) is 1.62. The Kier molecular flexibility index (Phi) is 3.37. The van der Waals surface area contributed by atoms with Gasteiger partial charge in [-0.15, -0.1) is 5.10 Å². The van der Waals surface area contributed by atoms with Crippen LogP contribution in [0.5, 0.6) is 0 Å². The summed E-state index contributed by atoms with van der Waals surface area (Å²) in [6, 6.07) is 4.71. The van der Waals surface area contributed by atoms with Crippen LogP contribution in [0.1, 0.15) is 21.6 Å². The number of hydrogen-bond donors (Lipinski definition) is 0. The van der Waals surface area contributed by atoms with Crippen molar-refractivity contribution in [3.05, 3.63) is 47.3 Å². The van der Waals surface area contributed by atoms with E-state index in [0.717, 1.165) is 6.07 Å². The van der Waals surface area contributed by atoms with Gasteiger partial charge in [-0.2, -0.15) is 13.2 Å². The topological polar surface area (TPSA) is 47.8 Å². The average molecular weight is 269 g/mol. The van der Waals surface area contributed by atoms with Crippen LogP contribution in [0.4, 0.5) is 13.2 Å². The van der Waals surface area contributed by atoms with Gasteiger partial charge >= 0.3 is 6.18 Å². The molecular formula is C12H10F3N3O. The summed E-state index contributed by atoms with van der Waals surface area (Å²) in [6.07, 6.45) is -3.26. The molecule has 0 spiro atoms. The van der Waals surface area contributed by atoms with Crippen LogP contribution in [0.3, 0.4) is 0 Å². The number of Topliss-reactive ketones (excluding diaryl/α,β-unsaturated/α-hetero) is 1. The van der Waals surface area contributed by atoms with Gasteiger partial charge in [-0.1, -0.05) is 23.4 Å². The number of aryl methyl sites for hydroxylation is 1. The van der Waals surface area contributed by atoms with Crippen molar-refractivity contribution in [1.82, 2.24) is 15.0 Å². The fourth-order valence-electron chi connectivity index (χ4n) is 1.71. The predicted octanol–water partition coefficient (Wildman–Crippen LogP) is 2.26. The zero-order valence-corrected chi connectivity index (χ0v) is 9.98. The van der Waals surface area contributed by atoms with E-state index < -0.39 is 17.5 Å². The molecule has 0 N–H and O–H groups in total. The van der Waals surface area contributed by atoms with Gasteiger partial charge < -0.3 is 0 Å². The third kappa shape index (κ3) is 2.98. The summed E-state index contributed by atoms with van der Waals surface area (Å²) in [6.45, 7) is 0. The summed E-state index contributed by atoms with van der Waals surface area (Å²) in [4.78, 5) is 11.9. The van der Waals surface area contributed by atoms with Gasteiger partial charge in [0.15, 0.2) is 5.78 Å². The minimum atomic E-state index is -4.55. The standard InChI is InChI=1S/C12H10F3N3O/c1-18-7-8(16-17-18)6-11(19)9-4-2-3-5-10(9)12(13,14)15/h2-5,7H,6H2,1H3. The Hall–Kier alpha value is -2.18. The van der Waals surface area contributed by atoms with Crippen molar-refractivity contribution in [2.45, 2.75) is 12.6 Å². The van der Waals surface area contributed by atoms with Crippen LogP contribution in [0.15, 0.2) is 30.5 Å². The van der Waals surface area contributed by atoms with Crippen molar-refractivity contribution in [3.8, 4) is 0 Å². The third-order valence-electron chi connectivity index (χ3n) is 2.52. The van der Waals surface area contributed by atoms with Crippen LogP contribution in [-0.4, -0.2) is 20.8 Å². The molecule has 1 heterocycles. The van der Waals surface area contributed by atoms with Gasteiger partial charge in [0.1, 0.15) is 0 Å². The van der Waals surface area contributed by atoms with Crippen LogP contribution in [-0.2, 0) is 19.6 Å². The number of hydrogen-bond acceptors (Lipinski definition) is 3. The molecule has 19 heavy (non-hydrogen) atoms. The van der Waals surface area contributed by atoms with Crippen LogP contribution in [0.25, 0.3) is 0 Å². The molecule has 0 aliphatic carbocycles. The molecule has 0 radical (unpaired) electrons. The summed E-state index contributed by atoms with van der Waals surface area (Å²) >= 11 is 0. The summed E-state index contributed by atoms with van der Waals surface area (Å²) in [5, 5.41) is 7.31. The van der Waals surface area contributed by atoms with Gasteiger partial charge in [-0.3, -0.25) is 9.48 Å². The monoisotopic (exact) mass is 269 g/mol. The lowest BCUT2D eigenvalue weighted by Gasteiger charge is -2.11. The first-order valence-corrected chi connectivity index (χ1v) is 5.42. The summed E-state index contributed by atoms with van der Waals surface area (Å²) in [5.41, 5.74) is -0.936. The molecule has 1 aromatic heterocycles. The van der Waals surface area contributed by atoms with Gasteiger partial charge in [-0.05, 0) is 6.07 Å². The van der Waals surface area contributed by atoms with Crippen molar-refractivity contribution >= 4 is 5.78 Å². The van der Waals surface area contributed by atoms with Gasteiger partial charge in [0, 0.05) is 18.8 Å². The Morgan fingerprint density at radius 2 is 2.00 bits per heavy atom. The first-order valence-electron chi connectivity index (χ1n) is 5.42. The third-order valence-corrected chi connectivity index (χ3v) is 2.52. The van der Waals surface area contributed by atoms with Crippen LogP contribution in [0, 0.1) is 0 Å². The Morgan fingerprint density at radius 1 is 1.32 bits per heavy atom. The van der Waals surface area contributed by atoms with Crippen molar-refractivity contribution in [1.29, 1.82) is 0 Å². The number of aromatic nitrogens is 3. The van der Waals surface area contributed by atoms with Crippen molar-refractivity contribution in [2.75, 3.05) is 0 Å². The number of nitrogens with zero attached hydrogens (tertiary/aromatic N) is 3. The maximum atomic E-state index is 12.8. The first kappa shape index (κ1) is 13.3. The van der Waals surface area contributed by atoms with E-state index in [9.17, 15) is 18.0 Å². The lowest BCUT2D eigenvalue weighted by Crippen LogP contribution is -2.14. The summed E-state index contributed by atoms with van der Waals surface area (Å²) in [5.74, 6) is -0.631. The zero-order chi connectivity index (χ0) is 14.0. The van der Waals surface area contributed by atoms with E-state index in [1.54, 1.807) is 7.05 Å². The lowest BCUT2D eigenvalue weighted by molar-refractivity contribution is -0.137. The van der Waals surface area contributed by atoms with E-state index in [-0.39, 0.29) is 12.0 Å². The molecule has 2 aromatic rings. The molecule has 0 saturated heterocycles. The number of halogens is 3. The molecule has 0 fully saturated rings. The highest BCUT2D eigenvalue weighted by Gasteiger charge is 2.34. The van der Waals surface area contributed by atoms with Crippen molar-refractivity contribution < 1.29 is 18.0 Å². The highest BCUT2D eigenvalue weighted by Crippen LogP contribution is 2.32. The number of benzene rings is 1. The molecule has 0 amide bonds. The fourth-order valence-corrected chi connectivity index (χ4v) is 1.71. The second-order valence-electron chi connectivity index (χ2n) is 4.03. The minimum absolute atomic E-state index is 0.207. The highest BCUT2D eigenvalue weighted by molar-refractivity contribution is 5.98. The zero-order valence-electron chi connectivity index (χ0n) is 9.98. The second-order valence-corrected chi connectivity index (χ2v) is 4.03. The molecule has 100 valence electrons. The molecule has 0 aliphatic rings. The molecule has 2 rings (SSSR count). The lowest BCUT2D eigenvalue weighted by atomic mass is 10.0. The quantitative estimate of drug-likeness (QED) is 0.803. The average Bonchev–Trinajstić information content (AvgIpc) is 2.73. The Balaban J connectivity index is 2.29. The minimum Gasteiger partial charge on any atom is -0.294 e. The molecule has 0 aliphatic heterocycles. The number of ketones is 1. The number of carbonyl (C=O) groups excluding carboxylic acids is 1. The maximum Gasteiger partial charge on any atom is 0.417 e. The Morgan fingerprint density at radius 3 is 2.58 bits per heavy atom. The fraction of sp³-hybridized carbons (Fsp3) is 0.250. The highest BCUT2D eigenvalue weighted by atomic mass is 19.4. The van der Waals surface area contributed by atoms with Crippen LogP contribution in [0.2, 0.25) is 0 Å². The Bertz CT molecular complexity index is 604. The molecular weight excluding hydrogens is 259 g/mol. The number of carbonyl (C=O) groups is 1. The van der Waals surface area contributed by atoms with Gasteiger partial charge in [0.2, 0.25) is 0 Å². The van der Waals surface area contributed by atoms with Gasteiger partial charge in [0.25, 0.3) is 0 Å². The van der Waals surface area contributed by atoms with E-state index in [1.165, 1.54) is 29.1 Å². The van der Waals surface area contributed by atoms with Crippen molar-refractivity contribution in [2.24, 2.45) is 7.05 Å². The number of rotatable bonds is 3. The van der Waals surface area contributed by atoms with Crippen LogP contribution >= 0.6 is 0 Å². The largest absolute Gasteiger partial charge is 0.417 e. The normalized spacial score (nSPS) is 11.6. The molecule has 7 heteroatoms. The first-order chi connectivity index (χ1) is 8.88. The van der Waals surface area contributed by atoms with Gasteiger partial charge in [0.05, 0.1) is 17.7 Å². The molecule has 0 unspecified atom stereocenters. The molecule has 0 saturated carbocycles. The Labute approximate surface area is 106 Å². The van der Waals surface area contributed by atoms with E-state index in [4.69, 9.17) is 0 Å². The number of alkyl halides is 3. The van der Waals surface area contributed by atoms with E-state index in [1.807, 2.05) is 0 Å². The molecule has 0 atom stereocenters. The van der Waals surface area contributed by atoms with E-state index in [2.05, 4.69) is 10.3 Å². The SMILES string of the molecule is Cn1cc(CC(=O)c2ccccc2C(F)(F)F)nn1. The second kappa shape index (κ2) is 4.83. The molecule has 0 bridgehead atoms. The smallest absolute Gasteiger partial charge is 0.294 e. The van der Waals surface area contributed by atoms with Gasteiger partial charge in [-0.25, -0.2) is 0 Å². The molecule has 4 nitrogen and oxygen atoms in total.